The Morgan fingerprint density at radius 2 is 0.860 bits per heavy atom. The molecule has 2 aliphatic rings. The average molecular weight is 1640 g/mol. The molecule has 0 aliphatic carbocycles. The highest BCUT2D eigenvalue weighted by Gasteiger charge is 2.46. The molecule has 114 heavy (non-hydrogen) atoms. The number of alkyl carbamates (subject to hydrolysis) is 1. The van der Waals surface area contributed by atoms with Crippen molar-refractivity contribution >= 4 is 47.7 Å². The molecule has 10 atom stereocenters. The first-order valence-corrected chi connectivity index (χ1v) is 37.7. The second kappa shape index (κ2) is 66.7. The Labute approximate surface area is 672 Å². The first-order valence-electron chi connectivity index (χ1n) is 37.7. The maximum Gasteiger partial charge on any atom is 0.407 e. The predicted octanol–water partition coefficient (Wildman–Crippen LogP) is -4.49. The van der Waals surface area contributed by atoms with Crippen molar-refractivity contribution in [2.24, 2.45) is 38.8 Å². The normalized spacial score (nSPS) is 17.6. The number of carbonyl (C=O) groups is 6. The fraction of sp³-hybridized carbons (Fsp3) is 0.781. The van der Waals surface area contributed by atoms with Gasteiger partial charge in [0.05, 0.1) is 184 Å². The van der Waals surface area contributed by atoms with Crippen LogP contribution in [0.2, 0.25) is 0 Å². The molecule has 4 amide bonds. The molecule has 0 aromatic heterocycles. The molecule has 0 aromatic carbocycles. The van der Waals surface area contributed by atoms with Gasteiger partial charge in [0.15, 0.2) is 18.0 Å². The summed E-state index contributed by atoms with van der Waals surface area (Å²) in [6.45, 7) is 21.6. The van der Waals surface area contributed by atoms with E-state index in [1.807, 2.05) is 25.7 Å². The largest absolute Gasteiger partial charge is 0.480 e. The third-order valence-corrected chi connectivity index (χ3v) is 15.6. The lowest BCUT2D eigenvalue weighted by molar-refractivity contribution is -0.161. The maximum atomic E-state index is 12.9. The standard InChI is InChI=1S/C48H82N10O21.C25H48N2O8.2H2/c1-6-12-70-18-20-74-22-23-75-21-19-73-17-11-58(9-15-71-13-7-53-38(64)28-76-42(34(62)26-59)41-30(2)32(56-47(49)50)24-36(78-41)45(66)68-4)10-16-72-14-8-54-39(65)29-77-43(35(63)27-60)44-40(55-31(3)61)33(57-48(51)52)25-37(79-44)46(67)69-5;1-6-12-29-15-9-27(10-16-31-14-8-26-24(28)35-25(3,4)5)11-17-32-19-21-34-23-22-33-20-18-30-13-7-2;;/h1,24-25,30,32-35,40-44,59-60,62-63H,7-23,26-29H2,2-5H3,(H,53,64)(H,54,65)(H,55,61)(H4,49,50,56)(H4,51,52,57);2H,6,8-23H2,1,3-5H3,(H,26,28);2*1H/t30-,32+,33+,34-,35-,40-,41-,42-,43-,44-;;;/m1.../s1. The quantitative estimate of drug-likeness (QED) is 0.00682. The van der Waals surface area contributed by atoms with Gasteiger partial charge in [-0.25, -0.2) is 24.4 Å². The summed E-state index contributed by atoms with van der Waals surface area (Å²) in [7, 11) is 2.24. The number of carbonyl (C=O) groups excluding carboxylic acids is 6. The van der Waals surface area contributed by atoms with E-state index in [2.05, 4.69) is 54.9 Å². The lowest BCUT2D eigenvalue weighted by Gasteiger charge is -2.40. The number of amides is 4. The molecule has 0 spiro atoms. The third-order valence-electron chi connectivity index (χ3n) is 15.6. The number of nitrogens with zero attached hydrogens (tertiary/aromatic N) is 4. The average Bonchev–Trinajstić information content (AvgIpc) is 0.799. The fourth-order valence-corrected chi connectivity index (χ4v) is 10.1. The Morgan fingerprint density at radius 1 is 0.526 bits per heavy atom. The van der Waals surface area contributed by atoms with Crippen LogP contribution >= 0.6 is 0 Å². The smallest absolute Gasteiger partial charge is 0.407 e. The maximum absolute atomic E-state index is 12.9. The second-order valence-electron chi connectivity index (χ2n) is 25.9. The molecule has 2 rings (SSSR count). The number of nitrogens with two attached hydrogens (primary N) is 4. The van der Waals surface area contributed by atoms with Crippen molar-refractivity contribution < 1.29 is 142 Å². The number of aliphatic hydroxyl groups excluding tert-OH is 4. The molecule has 0 fully saturated rings. The number of methoxy groups -OCH3 is 2. The minimum atomic E-state index is -1.67. The Hall–Kier alpha value is -7.44. The molecular formula is C73H134N12O29. The first kappa shape index (κ1) is 105. The molecule has 0 bridgehead atoms. The number of nitrogens with one attached hydrogen (secondary N) is 4. The number of ether oxygens (including phenoxy) is 19. The summed E-state index contributed by atoms with van der Waals surface area (Å²) in [4.78, 5) is 86.9. The van der Waals surface area contributed by atoms with Gasteiger partial charge in [0.2, 0.25) is 29.2 Å². The molecule has 16 N–H and O–H groups in total. The number of aliphatic hydroxyl groups is 4. The van der Waals surface area contributed by atoms with Gasteiger partial charge in [-0.1, -0.05) is 25.7 Å². The number of aliphatic imine (C=N–C) groups is 2. The Balaban J connectivity index is 0. The Kier molecular flexibility index (Phi) is 61.2. The zero-order valence-corrected chi connectivity index (χ0v) is 67.5. The lowest BCUT2D eigenvalue weighted by Crippen LogP contribution is -2.60. The highest BCUT2D eigenvalue weighted by Crippen LogP contribution is 2.31. The van der Waals surface area contributed by atoms with E-state index in [1.165, 1.54) is 19.1 Å². The number of hydrogen-bond donors (Lipinski definition) is 12. The van der Waals surface area contributed by atoms with E-state index in [0.29, 0.717) is 145 Å². The van der Waals surface area contributed by atoms with Crippen molar-refractivity contribution in [3.05, 3.63) is 23.7 Å². The van der Waals surface area contributed by atoms with Crippen molar-refractivity contribution in [3.8, 4) is 24.7 Å². The van der Waals surface area contributed by atoms with Gasteiger partial charge in [-0.2, -0.15) is 0 Å². The molecule has 2 heterocycles. The third kappa shape index (κ3) is 52.2. The van der Waals surface area contributed by atoms with Crippen LogP contribution in [0.15, 0.2) is 33.7 Å². The van der Waals surface area contributed by atoms with Crippen LogP contribution in [0.5, 0.6) is 0 Å². The molecule has 0 saturated carbocycles. The summed E-state index contributed by atoms with van der Waals surface area (Å²) >= 11 is 0. The van der Waals surface area contributed by atoms with Gasteiger partial charge < -0.3 is 155 Å². The molecule has 0 saturated heterocycles. The number of hydrogen-bond acceptors (Lipinski definition) is 33. The predicted molar refractivity (Wildman–Crippen MR) is 417 cm³/mol. The van der Waals surface area contributed by atoms with Crippen LogP contribution < -0.4 is 44.2 Å². The SMILES string of the molecule is C#CCOCCOCCOCCOCCN(CCOCCC)CCOCCNC(=O)OC(C)(C)C.C#CCOCCOCCOCCOCCN(CCOCCNC(=O)CO[C@@H]([C@@H]1OC(C(=O)OC)=C[C@H](N=C(N)N)[C@H]1C)[C@H](O)CO)CCOCCNC(=O)CO[C@@H]([C@@H]1OC(C(=O)OC)=C[C@H](N=C(N)N)[C@H]1NC(C)=O)[C@H](O)CO.[HH].[HH]. The van der Waals surface area contributed by atoms with Crippen LogP contribution in [0.1, 0.15) is 50.8 Å². The van der Waals surface area contributed by atoms with Gasteiger partial charge in [0.1, 0.15) is 62.5 Å². The zero-order chi connectivity index (χ0) is 84.6. The van der Waals surface area contributed by atoms with E-state index in [4.69, 9.17) is 126 Å². The molecule has 0 radical (unpaired) electrons. The topological polar surface area (TPSA) is 542 Å². The van der Waals surface area contributed by atoms with Crippen LogP contribution in [-0.4, -0.2) is 396 Å². The van der Waals surface area contributed by atoms with E-state index < -0.39 is 134 Å². The summed E-state index contributed by atoms with van der Waals surface area (Å²) in [6.07, 6.45) is 4.87. The van der Waals surface area contributed by atoms with Gasteiger partial charge in [0.25, 0.3) is 0 Å². The van der Waals surface area contributed by atoms with Crippen molar-refractivity contribution in [2.45, 2.75) is 108 Å². The number of rotatable bonds is 66. The van der Waals surface area contributed by atoms with Gasteiger partial charge in [-0.05, 0) is 39.3 Å². The van der Waals surface area contributed by atoms with E-state index in [1.54, 1.807) is 6.92 Å². The van der Waals surface area contributed by atoms with Gasteiger partial charge in [0, 0.05) is 81.2 Å². The highest BCUT2D eigenvalue weighted by molar-refractivity contribution is 5.87. The van der Waals surface area contributed by atoms with E-state index in [9.17, 15) is 49.2 Å². The minimum Gasteiger partial charge on any atom is -0.480 e. The summed E-state index contributed by atoms with van der Waals surface area (Å²) in [6, 6.07) is -3.04. The fourth-order valence-electron chi connectivity index (χ4n) is 10.1. The van der Waals surface area contributed by atoms with Crippen molar-refractivity contribution in [1.82, 2.24) is 31.1 Å². The molecule has 0 aromatic rings. The Morgan fingerprint density at radius 3 is 1.21 bits per heavy atom. The number of guanidine groups is 2. The minimum absolute atomic E-state index is 0. The molecular weight excluding hydrogens is 1510 g/mol. The van der Waals surface area contributed by atoms with Gasteiger partial charge >= 0.3 is 18.0 Å². The number of terminal acetylenes is 2. The van der Waals surface area contributed by atoms with Gasteiger partial charge in [-0.15, -0.1) is 12.8 Å². The van der Waals surface area contributed by atoms with Crippen LogP contribution in [0, 0.1) is 30.6 Å². The summed E-state index contributed by atoms with van der Waals surface area (Å²) < 4.78 is 104. The van der Waals surface area contributed by atoms with E-state index >= 15 is 0 Å². The highest BCUT2D eigenvalue weighted by atomic mass is 16.6. The van der Waals surface area contributed by atoms with Crippen molar-refractivity contribution in [1.29, 1.82) is 0 Å². The van der Waals surface area contributed by atoms with Gasteiger partial charge in [-0.3, -0.25) is 24.2 Å². The molecule has 0 unspecified atom stereocenters. The monoisotopic (exact) mass is 1640 g/mol. The van der Waals surface area contributed by atoms with Crippen molar-refractivity contribution in [2.75, 3.05) is 258 Å². The lowest BCUT2D eigenvalue weighted by atomic mass is 9.87. The molecule has 2 aliphatic heterocycles. The molecule has 41 nitrogen and oxygen atoms in total. The number of esters is 2. The van der Waals surface area contributed by atoms with Crippen LogP contribution in [-0.2, 0) is 114 Å². The molecule has 41 heteroatoms. The van der Waals surface area contributed by atoms with Crippen LogP contribution in [0.4, 0.5) is 4.79 Å². The Bertz CT molecular complexity index is 2820. The van der Waals surface area contributed by atoms with Crippen LogP contribution in [0.25, 0.3) is 0 Å². The summed E-state index contributed by atoms with van der Waals surface area (Å²) in [5.74, 6) is -0.633. The molecule has 660 valence electrons. The first-order chi connectivity index (χ1) is 54.8. The summed E-state index contributed by atoms with van der Waals surface area (Å²) in [5.41, 5.74) is 21.9. The zero-order valence-electron chi connectivity index (χ0n) is 67.5. The van der Waals surface area contributed by atoms with E-state index in [0.717, 1.165) is 46.9 Å². The van der Waals surface area contributed by atoms with Crippen molar-refractivity contribution in [3.63, 3.8) is 0 Å². The summed E-state index contributed by atoms with van der Waals surface area (Å²) in [5, 5.41) is 51.7. The van der Waals surface area contributed by atoms with E-state index in [-0.39, 0.29) is 66.5 Å². The van der Waals surface area contributed by atoms with Crippen LogP contribution in [0.3, 0.4) is 0 Å². The second-order valence-corrected chi connectivity index (χ2v) is 25.9.